The molecule has 1 unspecified atom stereocenters. The molecule has 4 nitrogen and oxygen atoms in total. The van der Waals surface area contributed by atoms with Gasteiger partial charge in [-0.1, -0.05) is 6.92 Å². The highest BCUT2D eigenvalue weighted by Gasteiger charge is 2.14. The van der Waals surface area contributed by atoms with E-state index in [9.17, 15) is 9.18 Å². The zero-order valence-electron chi connectivity index (χ0n) is 8.81. The van der Waals surface area contributed by atoms with Crippen LogP contribution in [0.1, 0.15) is 30.1 Å². The summed E-state index contributed by atoms with van der Waals surface area (Å²) in [6.45, 7) is 1.80. The average molecular weight is 222 g/mol. The molecular weight excluding hydrogens is 211 g/mol. The number of aromatic nitrogens is 1. The monoisotopic (exact) mass is 222 g/mol. The fraction of sp³-hybridized carbons (Fsp3) is 0.364. The Balaban J connectivity index is 2.68. The summed E-state index contributed by atoms with van der Waals surface area (Å²) in [6, 6.07) is 2.97. The Bertz CT molecular complexity index is 415. The van der Waals surface area contributed by atoms with Gasteiger partial charge in [-0.2, -0.15) is 5.26 Å². The molecule has 0 fully saturated rings. The lowest BCUT2D eigenvalue weighted by Crippen LogP contribution is -2.17. The van der Waals surface area contributed by atoms with Gasteiger partial charge in [0.2, 0.25) is 0 Å². The first-order valence-corrected chi connectivity index (χ1v) is 4.85. The SMILES string of the molecule is CCC(CC#N)OC(=O)c1cncc(F)c1. The molecule has 5 heteroatoms. The number of pyridine rings is 1. The van der Waals surface area contributed by atoms with Crippen molar-refractivity contribution in [2.75, 3.05) is 0 Å². The summed E-state index contributed by atoms with van der Waals surface area (Å²) >= 11 is 0. The molecule has 16 heavy (non-hydrogen) atoms. The highest BCUT2D eigenvalue weighted by Crippen LogP contribution is 2.09. The summed E-state index contributed by atoms with van der Waals surface area (Å²) < 4.78 is 17.8. The maximum atomic E-state index is 12.8. The van der Waals surface area contributed by atoms with E-state index in [-0.39, 0.29) is 12.0 Å². The lowest BCUT2D eigenvalue weighted by molar-refractivity contribution is 0.0302. The van der Waals surface area contributed by atoms with E-state index >= 15 is 0 Å². The number of carbonyl (C=O) groups is 1. The number of rotatable bonds is 4. The van der Waals surface area contributed by atoms with Crippen LogP contribution in [-0.2, 0) is 4.74 Å². The third-order valence-corrected chi connectivity index (χ3v) is 1.99. The number of nitrogens with zero attached hydrogens (tertiary/aromatic N) is 2. The molecule has 1 aromatic rings. The van der Waals surface area contributed by atoms with Gasteiger partial charge in [-0.05, 0) is 12.5 Å². The molecule has 0 N–H and O–H groups in total. The van der Waals surface area contributed by atoms with E-state index in [2.05, 4.69) is 4.98 Å². The van der Waals surface area contributed by atoms with Gasteiger partial charge in [-0.15, -0.1) is 0 Å². The van der Waals surface area contributed by atoms with Crippen LogP contribution in [-0.4, -0.2) is 17.1 Å². The van der Waals surface area contributed by atoms with E-state index in [0.717, 1.165) is 12.3 Å². The van der Waals surface area contributed by atoms with E-state index in [0.29, 0.717) is 6.42 Å². The Morgan fingerprint density at radius 3 is 3.00 bits per heavy atom. The second kappa shape index (κ2) is 5.81. The summed E-state index contributed by atoms with van der Waals surface area (Å²) in [6.07, 6.45) is 2.45. The van der Waals surface area contributed by atoms with Gasteiger partial charge in [0, 0.05) is 6.20 Å². The first-order valence-electron chi connectivity index (χ1n) is 4.85. The van der Waals surface area contributed by atoms with Gasteiger partial charge in [0.1, 0.15) is 11.9 Å². The Hall–Kier alpha value is -1.96. The van der Waals surface area contributed by atoms with Crippen LogP contribution in [0.2, 0.25) is 0 Å². The van der Waals surface area contributed by atoms with Crippen molar-refractivity contribution in [1.29, 1.82) is 5.26 Å². The van der Waals surface area contributed by atoms with Crippen molar-refractivity contribution < 1.29 is 13.9 Å². The van der Waals surface area contributed by atoms with Gasteiger partial charge < -0.3 is 4.74 Å². The predicted octanol–water partition coefficient (Wildman–Crippen LogP) is 2.07. The Morgan fingerprint density at radius 1 is 1.69 bits per heavy atom. The molecule has 0 saturated heterocycles. The summed E-state index contributed by atoms with van der Waals surface area (Å²) in [5, 5.41) is 8.48. The van der Waals surface area contributed by atoms with Crippen LogP contribution in [0.4, 0.5) is 4.39 Å². The summed E-state index contributed by atoms with van der Waals surface area (Å²) in [5.41, 5.74) is 0.0522. The van der Waals surface area contributed by atoms with Crippen LogP contribution in [0.15, 0.2) is 18.5 Å². The Labute approximate surface area is 92.7 Å². The van der Waals surface area contributed by atoms with Gasteiger partial charge in [0.15, 0.2) is 0 Å². The minimum atomic E-state index is -0.658. The average Bonchev–Trinajstić information content (AvgIpc) is 2.28. The third-order valence-electron chi connectivity index (χ3n) is 1.99. The van der Waals surface area contributed by atoms with Gasteiger partial charge in [-0.25, -0.2) is 9.18 Å². The van der Waals surface area contributed by atoms with E-state index in [1.54, 1.807) is 6.92 Å². The van der Waals surface area contributed by atoms with Crippen molar-refractivity contribution in [1.82, 2.24) is 4.98 Å². The molecule has 0 aliphatic rings. The molecule has 1 rings (SSSR count). The van der Waals surface area contributed by atoms with Crippen molar-refractivity contribution in [3.05, 3.63) is 29.8 Å². The van der Waals surface area contributed by atoms with Crippen molar-refractivity contribution in [3.63, 3.8) is 0 Å². The number of nitriles is 1. The zero-order chi connectivity index (χ0) is 12.0. The van der Waals surface area contributed by atoms with Crippen LogP contribution in [0.3, 0.4) is 0 Å². The van der Waals surface area contributed by atoms with Gasteiger partial charge in [-0.3, -0.25) is 4.98 Å². The highest BCUT2D eigenvalue weighted by atomic mass is 19.1. The molecule has 0 spiro atoms. The summed E-state index contributed by atoms with van der Waals surface area (Å²) in [5.74, 6) is -1.25. The fourth-order valence-corrected chi connectivity index (χ4v) is 1.11. The predicted molar refractivity (Wildman–Crippen MR) is 53.9 cm³/mol. The van der Waals surface area contributed by atoms with Gasteiger partial charge >= 0.3 is 5.97 Å². The fourth-order valence-electron chi connectivity index (χ4n) is 1.11. The van der Waals surface area contributed by atoms with Crippen molar-refractivity contribution in [2.45, 2.75) is 25.9 Å². The topological polar surface area (TPSA) is 63.0 Å². The Kier molecular flexibility index (Phi) is 4.40. The lowest BCUT2D eigenvalue weighted by Gasteiger charge is -2.12. The number of carbonyl (C=O) groups excluding carboxylic acids is 1. The molecule has 0 bridgehead atoms. The van der Waals surface area contributed by atoms with E-state index in [1.165, 1.54) is 6.20 Å². The lowest BCUT2D eigenvalue weighted by atomic mass is 10.2. The molecule has 0 saturated carbocycles. The molecule has 0 radical (unpaired) electrons. The number of esters is 1. The normalized spacial score (nSPS) is 11.6. The van der Waals surface area contributed by atoms with Crippen molar-refractivity contribution in [2.24, 2.45) is 0 Å². The third kappa shape index (κ3) is 3.31. The van der Waals surface area contributed by atoms with Crippen molar-refractivity contribution in [3.8, 4) is 6.07 Å². The smallest absolute Gasteiger partial charge is 0.340 e. The molecule has 84 valence electrons. The maximum Gasteiger partial charge on any atom is 0.340 e. The number of ether oxygens (including phenoxy) is 1. The van der Waals surface area contributed by atoms with Crippen molar-refractivity contribution >= 4 is 5.97 Å². The minimum absolute atomic E-state index is 0.0522. The van der Waals surface area contributed by atoms with Crippen LogP contribution in [0, 0.1) is 17.1 Å². The molecule has 0 aromatic carbocycles. The maximum absolute atomic E-state index is 12.8. The second-order valence-electron chi connectivity index (χ2n) is 3.19. The minimum Gasteiger partial charge on any atom is -0.458 e. The molecule has 1 aromatic heterocycles. The van der Waals surface area contributed by atoms with Gasteiger partial charge in [0.25, 0.3) is 0 Å². The number of hydrogen-bond acceptors (Lipinski definition) is 4. The molecule has 0 amide bonds. The van der Waals surface area contributed by atoms with Crippen LogP contribution in [0.5, 0.6) is 0 Å². The second-order valence-corrected chi connectivity index (χ2v) is 3.19. The first-order chi connectivity index (χ1) is 7.67. The number of halogens is 1. The van der Waals surface area contributed by atoms with E-state index in [1.807, 2.05) is 6.07 Å². The first kappa shape index (κ1) is 12.1. The molecule has 0 aliphatic carbocycles. The number of hydrogen-bond donors (Lipinski definition) is 0. The standard InChI is InChI=1S/C11H11FN2O2/c1-2-10(3-4-13)16-11(15)8-5-9(12)7-14-6-8/h5-7,10H,2-3H2,1H3. The zero-order valence-corrected chi connectivity index (χ0v) is 8.81. The quantitative estimate of drug-likeness (QED) is 0.731. The Morgan fingerprint density at radius 2 is 2.44 bits per heavy atom. The van der Waals surface area contributed by atoms with Crippen LogP contribution >= 0.6 is 0 Å². The van der Waals surface area contributed by atoms with Gasteiger partial charge in [0.05, 0.1) is 24.3 Å². The molecular formula is C11H11FN2O2. The van der Waals surface area contributed by atoms with E-state index in [4.69, 9.17) is 10.00 Å². The summed E-state index contributed by atoms with van der Waals surface area (Å²) in [4.78, 5) is 15.0. The largest absolute Gasteiger partial charge is 0.458 e. The van der Waals surface area contributed by atoms with Crippen LogP contribution in [0.25, 0.3) is 0 Å². The molecule has 1 heterocycles. The molecule has 1 atom stereocenters. The van der Waals surface area contributed by atoms with E-state index < -0.39 is 17.9 Å². The van der Waals surface area contributed by atoms with Crippen LogP contribution < -0.4 is 0 Å². The highest BCUT2D eigenvalue weighted by molar-refractivity contribution is 5.89. The summed E-state index contributed by atoms with van der Waals surface area (Å²) in [7, 11) is 0. The molecule has 0 aliphatic heterocycles.